The summed E-state index contributed by atoms with van der Waals surface area (Å²) >= 11 is 0. The first-order valence-electron chi connectivity index (χ1n) is 5.57. The SMILES string of the molecule is CC(=O)O.CC(=O)O.CC(=O)O.CC(=O)O.CC(=O)O.CC(=O)O.O.O.O.O.O.O.O.O. The van der Waals surface area contributed by atoms with Crippen LogP contribution in [0.3, 0.4) is 0 Å². The standard InChI is InChI=1S/6C2H4O2.8H2O/c6*1-2(3)4;;;;;;;;/h6*1H3,(H,3,4);8*1H2. The Bertz CT molecular complexity index is 262. The molecule has 0 aromatic heterocycles. The Morgan fingerprint density at radius 3 is 0.281 bits per heavy atom. The summed E-state index contributed by atoms with van der Waals surface area (Å²) in [7, 11) is 0. The van der Waals surface area contributed by atoms with Crippen molar-refractivity contribution in [2.75, 3.05) is 0 Å². The van der Waals surface area contributed by atoms with E-state index in [1.807, 2.05) is 0 Å². The molecule has 0 saturated heterocycles. The number of carboxylic acid groups (broad SMARTS) is 6. The lowest BCUT2D eigenvalue weighted by molar-refractivity contribution is -0.135. The lowest BCUT2D eigenvalue weighted by Crippen LogP contribution is -1.78. The van der Waals surface area contributed by atoms with Crippen molar-refractivity contribution in [1.29, 1.82) is 0 Å². The maximum absolute atomic E-state index is 9.00. The molecule has 0 rings (SSSR count). The summed E-state index contributed by atoms with van der Waals surface area (Å²) in [5, 5.41) is 44.5. The van der Waals surface area contributed by atoms with Gasteiger partial charge in [0.25, 0.3) is 35.8 Å². The molecule has 0 aromatic carbocycles. The Labute approximate surface area is 181 Å². The first-order valence-corrected chi connectivity index (χ1v) is 5.57. The first kappa shape index (κ1) is 103. The number of carbonyl (C=O) groups is 6. The molecule has 0 atom stereocenters. The van der Waals surface area contributed by atoms with Gasteiger partial charge in [0.05, 0.1) is 0 Å². The molecular weight excluding hydrogens is 464 g/mol. The fourth-order valence-corrected chi connectivity index (χ4v) is 0. The van der Waals surface area contributed by atoms with Crippen molar-refractivity contribution < 1.29 is 103 Å². The van der Waals surface area contributed by atoms with Gasteiger partial charge in [0.15, 0.2) is 0 Å². The normalized spacial score (nSPS) is 4.69. The summed E-state index contributed by atoms with van der Waals surface area (Å²) in [6, 6.07) is 0. The second-order valence-electron chi connectivity index (χ2n) is 3.11. The molecule has 0 aromatic rings. The van der Waals surface area contributed by atoms with Gasteiger partial charge in [0, 0.05) is 41.5 Å². The molecule has 20 nitrogen and oxygen atoms in total. The minimum absolute atomic E-state index is 0. The molecule has 0 aliphatic rings. The second-order valence-corrected chi connectivity index (χ2v) is 3.11. The lowest BCUT2D eigenvalue weighted by Gasteiger charge is -1.59. The van der Waals surface area contributed by atoms with E-state index < -0.39 is 35.8 Å². The molecule has 0 saturated carbocycles. The van der Waals surface area contributed by atoms with Crippen LogP contribution in [-0.4, -0.2) is 110 Å². The summed E-state index contributed by atoms with van der Waals surface area (Å²) in [5.74, 6) is -5.00. The molecule has 0 radical (unpaired) electrons. The molecule has 0 unspecified atom stereocenters. The van der Waals surface area contributed by atoms with Crippen LogP contribution in [0.4, 0.5) is 0 Å². The minimum atomic E-state index is -0.833. The molecule has 32 heavy (non-hydrogen) atoms. The molecule has 0 amide bonds. The minimum Gasteiger partial charge on any atom is -0.481 e. The third-order valence-corrected chi connectivity index (χ3v) is 0. The van der Waals surface area contributed by atoms with E-state index in [1.165, 1.54) is 0 Å². The number of hydrogen-bond donors (Lipinski definition) is 6. The van der Waals surface area contributed by atoms with Crippen LogP contribution in [0.1, 0.15) is 41.5 Å². The molecule has 208 valence electrons. The van der Waals surface area contributed by atoms with Crippen LogP contribution in [0.2, 0.25) is 0 Å². The van der Waals surface area contributed by atoms with E-state index in [2.05, 4.69) is 0 Å². The number of carboxylic acids is 6. The largest absolute Gasteiger partial charge is 0.481 e. The van der Waals surface area contributed by atoms with E-state index in [0.717, 1.165) is 41.5 Å². The van der Waals surface area contributed by atoms with Gasteiger partial charge in [-0.2, -0.15) is 0 Å². The van der Waals surface area contributed by atoms with E-state index in [-0.39, 0.29) is 43.8 Å². The van der Waals surface area contributed by atoms with Crippen LogP contribution in [0, 0.1) is 0 Å². The van der Waals surface area contributed by atoms with Gasteiger partial charge in [0.1, 0.15) is 0 Å². The van der Waals surface area contributed by atoms with E-state index >= 15 is 0 Å². The predicted octanol–water partition coefficient (Wildman–Crippen LogP) is -6.05. The summed E-state index contributed by atoms with van der Waals surface area (Å²) in [4.78, 5) is 54.0. The average Bonchev–Trinajstić information content (AvgIpc) is 2.08. The van der Waals surface area contributed by atoms with Gasteiger partial charge in [0.2, 0.25) is 0 Å². The summed E-state index contributed by atoms with van der Waals surface area (Å²) in [5.41, 5.74) is 0. The summed E-state index contributed by atoms with van der Waals surface area (Å²) in [6.45, 7) is 6.50. The number of aliphatic carboxylic acids is 6. The van der Waals surface area contributed by atoms with E-state index in [1.54, 1.807) is 0 Å². The van der Waals surface area contributed by atoms with Crippen LogP contribution >= 0.6 is 0 Å². The Hall–Kier alpha value is -3.50. The molecule has 0 aliphatic carbocycles. The first-order chi connectivity index (χ1) is 10.4. The number of rotatable bonds is 0. The molecule has 20 heteroatoms. The lowest BCUT2D eigenvalue weighted by atomic mass is 10.9. The molecule has 0 spiro atoms. The van der Waals surface area contributed by atoms with Crippen molar-refractivity contribution in [3.05, 3.63) is 0 Å². The van der Waals surface area contributed by atoms with Crippen molar-refractivity contribution in [2.45, 2.75) is 41.5 Å². The summed E-state index contributed by atoms with van der Waals surface area (Å²) in [6.07, 6.45) is 0. The van der Waals surface area contributed by atoms with Crippen LogP contribution in [0.5, 0.6) is 0 Å². The molecular formula is C12H40O20. The van der Waals surface area contributed by atoms with Crippen molar-refractivity contribution in [3.8, 4) is 0 Å². The predicted molar refractivity (Wildman–Crippen MR) is 109 cm³/mol. The second kappa shape index (κ2) is 91.9. The van der Waals surface area contributed by atoms with Crippen LogP contribution in [-0.2, 0) is 28.8 Å². The Kier molecular flexibility index (Phi) is 294. The Balaban J connectivity index is -0.00000000964. The average molecular weight is 504 g/mol. The third-order valence-electron chi connectivity index (χ3n) is 0. The molecule has 0 bridgehead atoms. The van der Waals surface area contributed by atoms with Crippen molar-refractivity contribution >= 4 is 35.8 Å². The van der Waals surface area contributed by atoms with Gasteiger partial charge < -0.3 is 74.4 Å². The van der Waals surface area contributed by atoms with Gasteiger partial charge in [-0.1, -0.05) is 0 Å². The Morgan fingerprint density at radius 1 is 0.281 bits per heavy atom. The topological polar surface area (TPSA) is 476 Å². The van der Waals surface area contributed by atoms with E-state index in [0.29, 0.717) is 0 Å². The zero-order chi connectivity index (χ0) is 21.5. The van der Waals surface area contributed by atoms with Crippen LogP contribution in [0.15, 0.2) is 0 Å². The zero-order valence-electron chi connectivity index (χ0n) is 18.1. The fourth-order valence-electron chi connectivity index (χ4n) is 0. The van der Waals surface area contributed by atoms with Gasteiger partial charge in [-0.15, -0.1) is 0 Å². The highest BCUT2D eigenvalue weighted by Gasteiger charge is 1.67. The smallest absolute Gasteiger partial charge is 0.300 e. The highest BCUT2D eigenvalue weighted by Crippen LogP contribution is 1.43. The maximum atomic E-state index is 9.00. The molecule has 22 N–H and O–H groups in total. The Morgan fingerprint density at radius 2 is 0.281 bits per heavy atom. The third kappa shape index (κ3) is 1410. The maximum Gasteiger partial charge on any atom is 0.300 e. The number of hydrogen-bond acceptors (Lipinski definition) is 6. The van der Waals surface area contributed by atoms with Crippen molar-refractivity contribution in [2.24, 2.45) is 0 Å². The fraction of sp³-hybridized carbons (Fsp3) is 0.500. The highest BCUT2D eigenvalue weighted by molar-refractivity contribution is 5.64. The van der Waals surface area contributed by atoms with Gasteiger partial charge in [-0.05, 0) is 0 Å². The quantitative estimate of drug-likeness (QED) is 0.179. The highest BCUT2D eigenvalue weighted by atomic mass is 16.4. The van der Waals surface area contributed by atoms with Crippen LogP contribution < -0.4 is 0 Å². The van der Waals surface area contributed by atoms with Crippen molar-refractivity contribution in [1.82, 2.24) is 0 Å². The van der Waals surface area contributed by atoms with Crippen molar-refractivity contribution in [3.63, 3.8) is 0 Å². The van der Waals surface area contributed by atoms with Gasteiger partial charge in [-0.25, -0.2) is 0 Å². The van der Waals surface area contributed by atoms with Gasteiger partial charge in [-0.3, -0.25) is 28.8 Å². The summed E-state index contributed by atoms with van der Waals surface area (Å²) < 4.78 is 0. The molecule has 0 aliphatic heterocycles. The monoisotopic (exact) mass is 504 g/mol. The zero-order valence-corrected chi connectivity index (χ0v) is 18.1. The van der Waals surface area contributed by atoms with E-state index in [4.69, 9.17) is 59.4 Å². The van der Waals surface area contributed by atoms with Gasteiger partial charge >= 0.3 is 0 Å². The van der Waals surface area contributed by atoms with Crippen LogP contribution in [0.25, 0.3) is 0 Å². The van der Waals surface area contributed by atoms with E-state index in [9.17, 15) is 0 Å². The molecule has 0 fully saturated rings. The molecule has 0 heterocycles.